The lowest BCUT2D eigenvalue weighted by atomic mass is 9.95. The Hall–Kier alpha value is -4.13. The highest BCUT2D eigenvalue weighted by Gasteiger charge is 2.44. The summed E-state index contributed by atoms with van der Waals surface area (Å²) in [7, 11) is 0. The number of carbonyl (C=O) groups excluding carboxylic acids is 2. The van der Waals surface area contributed by atoms with Crippen molar-refractivity contribution < 1.29 is 29.0 Å². The van der Waals surface area contributed by atoms with E-state index >= 15 is 0 Å². The molecule has 4 rings (SSSR count). The number of aliphatic hydroxyl groups is 1. The number of amides is 1. The molecule has 0 spiro atoms. The molecule has 1 amide bonds. The third-order valence-electron chi connectivity index (χ3n) is 4.96. The Morgan fingerprint density at radius 2 is 1.67 bits per heavy atom. The van der Waals surface area contributed by atoms with Crippen molar-refractivity contribution in [2.45, 2.75) is 12.6 Å². The molecule has 0 aliphatic carbocycles. The van der Waals surface area contributed by atoms with Crippen LogP contribution in [0.15, 0.2) is 88.7 Å². The number of aromatic carboxylic acids is 1. The second-order valence-electron chi connectivity index (χ2n) is 6.82. The van der Waals surface area contributed by atoms with Crippen molar-refractivity contribution in [2.75, 3.05) is 0 Å². The number of carbonyl (C=O) groups is 3. The number of furan rings is 1. The number of benzene rings is 2. The predicted molar refractivity (Wildman–Crippen MR) is 106 cm³/mol. The van der Waals surface area contributed by atoms with Gasteiger partial charge in [-0.25, -0.2) is 4.79 Å². The quantitative estimate of drug-likeness (QED) is 0.607. The molecule has 0 saturated heterocycles. The topological polar surface area (TPSA) is 108 Å². The van der Waals surface area contributed by atoms with Gasteiger partial charge in [0, 0.05) is 6.54 Å². The third-order valence-corrected chi connectivity index (χ3v) is 4.96. The summed E-state index contributed by atoms with van der Waals surface area (Å²) in [6.07, 6.45) is 1.35. The van der Waals surface area contributed by atoms with Gasteiger partial charge < -0.3 is 19.5 Å². The molecule has 7 nitrogen and oxygen atoms in total. The Morgan fingerprint density at radius 1 is 0.967 bits per heavy atom. The Balaban J connectivity index is 1.74. The Labute approximate surface area is 171 Å². The first kappa shape index (κ1) is 19.2. The molecule has 2 heterocycles. The predicted octanol–water partition coefficient (Wildman–Crippen LogP) is 3.76. The van der Waals surface area contributed by atoms with E-state index < -0.39 is 29.5 Å². The van der Waals surface area contributed by atoms with E-state index in [4.69, 9.17) is 9.52 Å². The number of ketones is 1. The maximum Gasteiger partial charge on any atom is 0.335 e. The van der Waals surface area contributed by atoms with Gasteiger partial charge in [-0.3, -0.25) is 9.59 Å². The van der Waals surface area contributed by atoms with Crippen molar-refractivity contribution in [1.29, 1.82) is 0 Å². The summed E-state index contributed by atoms with van der Waals surface area (Å²) in [5, 5.41) is 19.6. The van der Waals surface area contributed by atoms with E-state index in [-0.39, 0.29) is 23.4 Å². The fourth-order valence-electron chi connectivity index (χ4n) is 3.52. The van der Waals surface area contributed by atoms with Gasteiger partial charge in [-0.05, 0) is 35.4 Å². The van der Waals surface area contributed by atoms with Crippen LogP contribution < -0.4 is 0 Å². The first-order chi connectivity index (χ1) is 14.5. The molecule has 7 heteroatoms. The molecular formula is C23H17NO6. The van der Waals surface area contributed by atoms with Gasteiger partial charge in [0.05, 0.1) is 23.4 Å². The molecule has 2 aromatic carbocycles. The zero-order chi connectivity index (χ0) is 21.3. The van der Waals surface area contributed by atoms with Gasteiger partial charge in [0.1, 0.15) is 0 Å². The van der Waals surface area contributed by atoms with Crippen LogP contribution in [0.2, 0.25) is 0 Å². The molecule has 0 saturated carbocycles. The van der Waals surface area contributed by atoms with Crippen LogP contribution >= 0.6 is 0 Å². The smallest absolute Gasteiger partial charge is 0.335 e. The van der Waals surface area contributed by atoms with Crippen LogP contribution in [0.3, 0.4) is 0 Å². The number of carboxylic acids is 1. The van der Waals surface area contributed by atoms with Crippen LogP contribution in [-0.4, -0.2) is 32.8 Å². The molecule has 2 N–H and O–H groups in total. The summed E-state index contributed by atoms with van der Waals surface area (Å²) in [4.78, 5) is 38.4. The summed E-state index contributed by atoms with van der Waals surface area (Å²) in [6.45, 7) is 0.0806. The number of Topliss-reactive ketones (excluding diaryl/α,β-unsaturated/α-hetero) is 1. The fraction of sp³-hybridized carbons (Fsp3) is 0.0870. The highest BCUT2D eigenvalue weighted by Crippen LogP contribution is 2.39. The molecule has 0 bridgehead atoms. The Bertz CT molecular complexity index is 1130. The van der Waals surface area contributed by atoms with Crippen molar-refractivity contribution in [3.05, 3.63) is 107 Å². The summed E-state index contributed by atoms with van der Waals surface area (Å²) >= 11 is 0. The Kier molecular flexibility index (Phi) is 4.93. The van der Waals surface area contributed by atoms with E-state index in [2.05, 4.69) is 0 Å². The lowest BCUT2D eigenvalue weighted by molar-refractivity contribution is -0.130. The second kappa shape index (κ2) is 7.71. The van der Waals surface area contributed by atoms with Gasteiger partial charge in [-0.1, -0.05) is 42.5 Å². The van der Waals surface area contributed by atoms with E-state index in [0.29, 0.717) is 11.1 Å². The number of rotatable bonds is 6. The normalized spacial score (nSPS) is 16.2. The lowest BCUT2D eigenvalue weighted by Crippen LogP contribution is -2.30. The molecule has 30 heavy (non-hydrogen) atoms. The van der Waals surface area contributed by atoms with E-state index in [9.17, 15) is 19.5 Å². The largest absolute Gasteiger partial charge is 0.503 e. The molecule has 3 aromatic rings. The maximum atomic E-state index is 13.0. The van der Waals surface area contributed by atoms with Gasteiger partial charge in [-0.2, -0.15) is 0 Å². The highest BCUT2D eigenvalue weighted by molar-refractivity contribution is 6.15. The molecule has 0 fully saturated rings. The van der Waals surface area contributed by atoms with E-state index in [1.165, 1.54) is 29.4 Å². The van der Waals surface area contributed by atoms with Gasteiger partial charge >= 0.3 is 5.97 Å². The fourth-order valence-corrected chi connectivity index (χ4v) is 3.52. The van der Waals surface area contributed by atoms with Gasteiger partial charge in [-0.15, -0.1) is 0 Å². The van der Waals surface area contributed by atoms with Crippen molar-refractivity contribution >= 4 is 17.7 Å². The first-order valence-corrected chi connectivity index (χ1v) is 9.17. The molecule has 1 aromatic heterocycles. The molecule has 150 valence electrons. The van der Waals surface area contributed by atoms with Crippen molar-refractivity contribution in [1.82, 2.24) is 4.90 Å². The van der Waals surface area contributed by atoms with Crippen molar-refractivity contribution in [3.8, 4) is 0 Å². The molecule has 1 unspecified atom stereocenters. The van der Waals surface area contributed by atoms with Crippen LogP contribution in [-0.2, 0) is 11.3 Å². The number of nitrogens with zero attached hydrogens (tertiary/aromatic N) is 1. The van der Waals surface area contributed by atoms with Crippen LogP contribution in [0.25, 0.3) is 0 Å². The standard InChI is InChI=1S/C23H17NO6/c25-20(17-7-4-12-30-17)18-19(15-5-2-1-3-6-15)24(22(27)21(18)26)13-14-8-10-16(11-9-14)23(28)29/h1-12,19,26H,13H2,(H,28,29). The molecule has 0 radical (unpaired) electrons. The third kappa shape index (κ3) is 3.37. The minimum atomic E-state index is -1.05. The molecular weight excluding hydrogens is 386 g/mol. The van der Waals surface area contributed by atoms with Crippen molar-refractivity contribution in [2.24, 2.45) is 0 Å². The number of aliphatic hydroxyl groups excluding tert-OH is 1. The zero-order valence-corrected chi connectivity index (χ0v) is 15.7. The average Bonchev–Trinajstić information content (AvgIpc) is 3.38. The summed E-state index contributed by atoms with van der Waals surface area (Å²) in [6, 6.07) is 17.2. The summed E-state index contributed by atoms with van der Waals surface area (Å²) in [5.41, 5.74) is 1.39. The van der Waals surface area contributed by atoms with Gasteiger partial charge in [0.15, 0.2) is 11.5 Å². The molecule has 1 aliphatic heterocycles. The SMILES string of the molecule is O=C(O)c1ccc(CN2C(=O)C(O)=C(C(=O)c3ccco3)C2c2ccccc2)cc1. The second-order valence-corrected chi connectivity index (χ2v) is 6.82. The molecule has 1 aliphatic rings. The molecule has 1 atom stereocenters. The summed E-state index contributed by atoms with van der Waals surface area (Å²) in [5.74, 6) is -2.89. The Morgan fingerprint density at radius 3 is 2.27 bits per heavy atom. The van der Waals surface area contributed by atoms with E-state index in [0.717, 1.165) is 0 Å². The van der Waals surface area contributed by atoms with Crippen molar-refractivity contribution in [3.63, 3.8) is 0 Å². The van der Waals surface area contributed by atoms with Crippen LogP contribution in [0.1, 0.15) is 38.1 Å². The number of hydrogen-bond donors (Lipinski definition) is 2. The number of hydrogen-bond acceptors (Lipinski definition) is 5. The highest BCUT2D eigenvalue weighted by atomic mass is 16.4. The van der Waals surface area contributed by atoms with E-state index in [1.807, 2.05) is 6.07 Å². The summed E-state index contributed by atoms with van der Waals surface area (Å²) < 4.78 is 5.18. The van der Waals surface area contributed by atoms with Crippen LogP contribution in [0.5, 0.6) is 0 Å². The average molecular weight is 403 g/mol. The lowest BCUT2D eigenvalue weighted by Gasteiger charge is -2.26. The number of carboxylic acid groups (broad SMARTS) is 1. The van der Waals surface area contributed by atoms with Crippen LogP contribution in [0, 0.1) is 0 Å². The minimum Gasteiger partial charge on any atom is -0.503 e. The van der Waals surface area contributed by atoms with E-state index in [1.54, 1.807) is 42.5 Å². The van der Waals surface area contributed by atoms with Gasteiger partial charge in [0.25, 0.3) is 5.91 Å². The minimum absolute atomic E-state index is 0.0259. The van der Waals surface area contributed by atoms with Gasteiger partial charge in [0.2, 0.25) is 5.78 Å². The first-order valence-electron chi connectivity index (χ1n) is 9.17. The monoisotopic (exact) mass is 403 g/mol. The van der Waals surface area contributed by atoms with Crippen LogP contribution in [0.4, 0.5) is 0 Å². The maximum absolute atomic E-state index is 13.0. The zero-order valence-electron chi connectivity index (χ0n) is 15.7.